The van der Waals surface area contributed by atoms with Crippen molar-refractivity contribution < 1.29 is 18.2 Å². The van der Waals surface area contributed by atoms with E-state index >= 15 is 0 Å². The van der Waals surface area contributed by atoms with E-state index in [0.717, 1.165) is 6.07 Å². The van der Waals surface area contributed by atoms with Gasteiger partial charge in [-0.25, -0.2) is 4.39 Å². The smallest absolute Gasteiger partial charge is 0.255 e. The summed E-state index contributed by atoms with van der Waals surface area (Å²) in [7, 11) is -1.13. The number of carbonyl (C=O) groups is 2. The summed E-state index contributed by atoms with van der Waals surface area (Å²) >= 11 is 0. The molecule has 23 heavy (non-hydrogen) atoms. The summed E-state index contributed by atoms with van der Waals surface area (Å²) in [6, 6.07) is 10.1. The summed E-state index contributed by atoms with van der Waals surface area (Å²) in [5.41, 5.74) is 0.652. The van der Waals surface area contributed by atoms with Crippen LogP contribution in [0.4, 0.5) is 15.8 Å². The largest absolute Gasteiger partial charge is 0.326 e. The Labute approximate surface area is 135 Å². The van der Waals surface area contributed by atoms with Crippen molar-refractivity contribution in [2.45, 2.75) is 11.8 Å². The molecule has 2 amide bonds. The lowest BCUT2D eigenvalue weighted by Crippen LogP contribution is -2.14. The number of halogens is 1. The van der Waals surface area contributed by atoms with Gasteiger partial charge in [0, 0.05) is 40.1 Å². The predicted molar refractivity (Wildman–Crippen MR) is 87.4 cm³/mol. The molecule has 0 saturated heterocycles. The van der Waals surface area contributed by atoms with Gasteiger partial charge in [0.2, 0.25) is 5.91 Å². The number of rotatable bonds is 4. The fourth-order valence-electron chi connectivity index (χ4n) is 1.89. The second kappa shape index (κ2) is 7.15. The fourth-order valence-corrected chi connectivity index (χ4v) is 2.41. The normalized spacial score (nSPS) is 11.6. The number of hydrogen-bond acceptors (Lipinski definition) is 3. The zero-order valence-electron chi connectivity index (χ0n) is 12.6. The van der Waals surface area contributed by atoms with Gasteiger partial charge in [0.1, 0.15) is 5.82 Å². The van der Waals surface area contributed by atoms with Crippen LogP contribution in [0.1, 0.15) is 17.3 Å². The lowest BCUT2D eigenvalue weighted by molar-refractivity contribution is -0.114. The summed E-state index contributed by atoms with van der Waals surface area (Å²) < 4.78 is 25.1. The zero-order valence-corrected chi connectivity index (χ0v) is 13.4. The van der Waals surface area contributed by atoms with Crippen LogP contribution in [0.15, 0.2) is 47.4 Å². The summed E-state index contributed by atoms with van der Waals surface area (Å²) in [5.74, 6) is -1.41. The highest BCUT2D eigenvalue weighted by Crippen LogP contribution is 2.20. The molecular weight excluding hydrogens is 319 g/mol. The van der Waals surface area contributed by atoms with Gasteiger partial charge in [-0.2, -0.15) is 0 Å². The van der Waals surface area contributed by atoms with E-state index in [9.17, 15) is 18.2 Å². The van der Waals surface area contributed by atoms with Gasteiger partial charge in [0.25, 0.3) is 5.91 Å². The van der Waals surface area contributed by atoms with Crippen LogP contribution in [0.5, 0.6) is 0 Å². The topological polar surface area (TPSA) is 75.3 Å². The van der Waals surface area contributed by atoms with Crippen molar-refractivity contribution in [3.63, 3.8) is 0 Å². The average Bonchev–Trinajstić information content (AvgIpc) is 2.50. The van der Waals surface area contributed by atoms with Crippen molar-refractivity contribution >= 4 is 34.0 Å². The summed E-state index contributed by atoms with van der Waals surface area (Å²) in [6.07, 6.45) is 1.54. The van der Waals surface area contributed by atoms with E-state index in [2.05, 4.69) is 10.6 Å². The molecule has 0 aliphatic heterocycles. The number of hydrogen-bond donors (Lipinski definition) is 2. The number of benzene rings is 2. The third kappa shape index (κ3) is 4.46. The zero-order chi connectivity index (χ0) is 17.0. The second-order valence-electron chi connectivity index (χ2n) is 4.81. The van der Waals surface area contributed by atoms with E-state index in [1.807, 2.05) is 0 Å². The van der Waals surface area contributed by atoms with E-state index in [0.29, 0.717) is 16.1 Å². The monoisotopic (exact) mass is 334 g/mol. The highest BCUT2D eigenvalue weighted by atomic mass is 32.2. The first-order valence-corrected chi connectivity index (χ1v) is 8.24. The maximum atomic E-state index is 13.8. The van der Waals surface area contributed by atoms with E-state index in [1.54, 1.807) is 12.1 Å². The van der Waals surface area contributed by atoms with Crippen LogP contribution in [0.2, 0.25) is 0 Å². The molecule has 7 heteroatoms. The SMILES string of the molecule is CC(=O)Nc1ccc(F)c(NC(=O)c2ccc(S(C)=O)cc2)c1. The third-order valence-electron chi connectivity index (χ3n) is 2.98. The Bertz CT molecular complexity index is 775. The van der Waals surface area contributed by atoms with Gasteiger partial charge >= 0.3 is 0 Å². The van der Waals surface area contributed by atoms with Crippen LogP contribution in [-0.2, 0) is 15.6 Å². The standard InChI is InChI=1S/C16H15FN2O3S/c1-10(20)18-12-5-8-14(17)15(9-12)19-16(21)11-3-6-13(7-4-11)23(2)22/h3-9H,1-2H3,(H,18,20)(H,19,21). The van der Waals surface area contributed by atoms with E-state index in [1.165, 1.54) is 37.4 Å². The molecule has 1 atom stereocenters. The molecule has 2 rings (SSSR count). The lowest BCUT2D eigenvalue weighted by atomic mass is 10.2. The second-order valence-corrected chi connectivity index (χ2v) is 6.19. The van der Waals surface area contributed by atoms with Crippen LogP contribution in [0, 0.1) is 5.82 Å². The number of carbonyl (C=O) groups excluding carboxylic acids is 2. The summed E-state index contributed by atoms with van der Waals surface area (Å²) in [6.45, 7) is 1.33. The van der Waals surface area contributed by atoms with Crippen molar-refractivity contribution in [3.05, 3.63) is 53.8 Å². The average molecular weight is 334 g/mol. The fraction of sp³-hybridized carbons (Fsp3) is 0.125. The minimum absolute atomic E-state index is 0.0376. The van der Waals surface area contributed by atoms with Crippen molar-refractivity contribution in [2.75, 3.05) is 16.9 Å². The molecule has 1 unspecified atom stereocenters. The molecule has 2 aromatic carbocycles. The maximum Gasteiger partial charge on any atom is 0.255 e. The van der Waals surface area contributed by atoms with E-state index in [-0.39, 0.29) is 11.6 Å². The first-order valence-electron chi connectivity index (χ1n) is 6.69. The first-order chi connectivity index (χ1) is 10.9. The first kappa shape index (κ1) is 16.8. The molecule has 0 fully saturated rings. The molecule has 0 radical (unpaired) electrons. The quantitative estimate of drug-likeness (QED) is 0.903. The Hall–Kier alpha value is -2.54. The van der Waals surface area contributed by atoms with Gasteiger partial charge < -0.3 is 10.6 Å². The van der Waals surface area contributed by atoms with Gasteiger partial charge in [0.15, 0.2) is 0 Å². The Morgan fingerprint density at radius 2 is 1.70 bits per heavy atom. The molecule has 2 aromatic rings. The van der Waals surface area contributed by atoms with E-state index in [4.69, 9.17) is 0 Å². The molecule has 0 saturated carbocycles. The molecule has 120 valence electrons. The van der Waals surface area contributed by atoms with E-state index < -0.39 is 22.5 Å². The Kier molecular flexibility index (Phi) is 5.23. The van der Waals surface area contributed by atoms with Gasteiger partial charge in [-0.1, -0.05) is 0 Å². The van der Waals surface area contributed by atoms with Crippen molar-refractivity contribution in [2.24, 2.45) is 0 Å². The van der Waals surface area contributed by atoms with Gasteiger partial charge in [-0.05, 0) is 42.5 Å². The number of nitrogens with one attached hydrogen (secondary N) is 2. The van der Waals surface area contributed by atoms with Gasteiger partial charge in [0.05, 0.1) is 5.69 Å². The predicted octanol–water partition coefficient (Wildman–Crippen LogP) is 2.77. The van der Waals surface area contributed by atoms with Crippen molar-refractivity contribution in [1.29, 1.82) is 0 Å². The third-order valence-corrected chi connectivity index (χ3v) is 3.92. The lowest BCUT2D eigenvalue weighted by Gasteiger charge is -2.09. The van der Waals surface area contributed by atoms with Crippen LogP contribution in [-0.4, -0.2) is 22.3 Å². The molecule has 0 aromatic heterocycles. The summed E-state index contributed by atoms with van der Waals surface area (Å²) in [4.78, 5) is 23.8. The number of anilines is 2. The van der Waals surface area contributed by atoms with Gasteiger partial charge in [-0.3, -0.25) is 13.8 Å². The molecule has 0 spiro atoms. The highest BCUT2D eigenvalue weighted by Gasteiger charge is 2.11. The van der Waals surface area contributed by atoms with Crippen LogP contribution >= 0.6 is 0 Å². The molecule has 0 heterocycles. The molecule has 0 bridgehead atoms. The maximum absolute atomic E-state index is 13.8. The highest BCUT2D eigenvalue weighted by molar-refractivity contribution is 7.84. The number of amides is 2. The Morgan fingerprint density at radius 1 is 1.04 bits per heavy atom. The molecule has 0 aliphatic carbocycles. The van der Waals surface area contributed by atoms with Crippen molar-refractivity contribution in [1.82, 2.24) is 0 Å². The van der Waals surface area contributed by atoms with Gasteiger partial charge in [-0.15, -0.1) is 0 Å². The molecule has 2 N–H and O–H groups in total. The summed E-state index contributed by atoms with van der Waals surface area (Å²) in [5, 5.41) is 4.96. The Balaban J connectivity index is 2.19. The molecule has 5 nitrogen and oxygen atoms in total. The molecule has 0 aliphatic rings. The van der Waals surface area contributed by atoms with Crippen LogP contribution in [0.3, 0.4) is 0 Å². The van der Waals surface area contributed by atoms with Crippen LogP contribution < -0.4 is 10.6 Å². The molecular formula is C16H15FN2O3S. The van der Waals surface area contributed by atoms with Crippen LogP contribution in [0.25, 0.3) is 0 Å². The Morgan fingerprint density at radius 3 is 2.26 bits per heavy atom. The minimum atomic E-state index is -1.13. The van der Waals surface area contributed by atoms with Crippen molar-refractivity contribution in [3.8, 4) is 0 Å². The minimum Gasteiger partial charge on any atom is -0.326 e.